The van der Waals surface area contributed by atoms with Crippen LogP contribution in [-0.2, 0) is 19.6 Å². The molecule has 2 rings (SSSR count). The zero-order valence-corrected chi connectivity index (χ0v) is 16.4. The number of hydrogen-bond donors (Lipinski definition) is 2. The number of sulfonamides is 1. The van der Waals surface area contributed by atoms with Crippen LogP contribution in [0.2, 0.25) is 5.02 Å². The number of hydrogen-bond acceptors (Lipinski definition) is 4. The van der Waals surface area contributed by atoms with Crippen molar-refractivity contribution in [2.75, 3.05) is 25.6 Å². The molecule has 0 heterocycles. The summed E-state index contributed by atoms with van der Waals surface area (Å²) < 4.78 is 31.7. The number of benzene rings is 2. The number of carbonyl (C=O) groups is 1. The summed E-state index contributed by atoms with van der Waals surface area (Å²) >= 11 is 5.81. The van der Waals surface area contributed by atoms with Crippen LogP contribution in [-0.4, -0.2) is 34.6 Å². The molecule has 0 aliphatic heterocycles. The Morgan fingerprint density at radius 1 is 1.11 bits per heavy atom. The molecule has 8 heteroatoms. The lowest BCUT2D eigenvalue weighted by Gasteiger charge is -2.08. The molecule has 0 saturated carbocycles. The first-order valence-electron chi connectivity index (χ1n) is 8.24. The van der Waals surface area contributed by atoms with Crippen LogP contribution in [0.15, 0.2) is 59.5 Å². The summed E-state index contributed by atoms with van der Waals surface area (Å²) in [4.78, 5) is 12.1. The van der Waals surface area contributed by atoms with E-state index in [2.05, 4.69) is 10.0 Å². The molecule has 0 aromatic heterocycles. The number of carbonyl (C=O) groups excluding carboxylic acids is 1. The SMILES string of the molecule is COCCCNS(=O)(=O)c1ccc(NC(=O)/C=C/c2ccc(Cl)cc2)cc1. The lowest BCUT2D eigenvalue weighted by Crippen LogP contribution is -2.25. The minimum absolute atomic E-state index is 0.134. The fourth-order valence-corrected chi connectivity index (χ4v) is 3.35. The molecule has 0 fully saturated rings. The Morgan fingerprint density at radius 3 is 2.41 bits per heavy atom. The van der Waals surface area contributed by atoms with E-state index in [-0.39, 0.29) is 10.8 Å². The summed E-state index contributed by atoms with van der Waals surface area (Å²) in [6.07, 6.45) is 3.64. The minimum Gasteiger partial charge on any atom is -0.385 e. The Labute approximate surface area is 164 Å². The Hall–Kier alpha value is -2.19. The average Bonchev–Trinajstić information content (AvgIpc) is 2.65. The number of nitrogens with one attached hydrogen (secondary N) is 2. The molecular formula is C19H21ClN2O4S. The highest BCUT2D eigenvalue weighted by Gasteiger charge is 2.13. The zero-order chi connectivity index (χ0) is 19.7. The van der Waals surface area contributed by atoms with Crippen molar-refractivity contribution in [1.29, 1.82) is 0 Å². The molecule has 0 aliphatic carbocycles. The zero-order valence-electron chi connectivity index (χ0n) is 14.8. The van der Waals surface area contributed by atoms with Gasteiger partial charge in [0, 0.05) is 37.0 Å². The van der Waals surface area contributed by atoms with Crippen LogP contribution in [0, 0.1) is 0 Å². The number of amides is 1. The second-order valence-electron chi connectivity index (χ2n) is 5.64. The van der Waals surface area contributed by atoms with Crippen molar-refractivity contribution in [2.24, 2.45) is 0 Å². The van der Waals surface area contributed by atoms with Gasteiger partial charge in [0.1, 0.15) is 0 Å². The fourth-order valence-electron chi connectivity index (χ4n) is 2.15. The van der Waals surface area contributed by atoms with Crippen molar-refractivity contribution < 1.29 is 17.9 Å². The number of rotatable bonds is 9. The normalized spacial score (nSPS) is 11.6. The highest BCUT2D eigenvalue weighted by Crippen LogP contribution is 2.15. The third kappa shape index (κ3) is 7.15. The first-order valence-corrected chi connectivity index (χ1v) is 10.1. The molecular weight excluding hydrogens is 388 g/mol. The van der Waals surface area contributed by atoms with Crippen molar-refractivity contribution in [3.63, 3.8) is 0 Å². The number of halogens is 1. The first-order chi connectivity index (χ1) is 12.9. The summed E-state index contributed by atoms with van der Waals surface area (Å²) in [6.45, 7) is 0.779. The van der Waals surface area contributed by atoms with Gasteiger partial charge in [0.25, 0.3) is 0 Å². The van der Waals surface area contributed by atoms with Gasteiger partial charge in [0.2, 0.25) is 15.9 Å². The van der Waals surface area contributed by atoms with E-state index in [9.17, 15) is 13.2 Å². The number of methoxy groups -OCH3 is 1. The van der Waals surface area contributed by atoms with E-state index in [1.165, 1.54) is 30.3 Å². The van der Waals surface area contributed by atoms with Crippen molar-refractivity contribution in [3.05, 3.63) is 65.2 Å². The highest BCUT2D eigenvalue weighted by molar-refractivity contribution is 7.89. The molecule has 1 amide bonds. The molecule has 6 nitrogen and oxygen atoms in total. The van der Waals surface area contributed by atoms with Gasteiger partial charge < -0.3 is 10.1 Å². The van der Waals surface area contributed by atoms with Gasteiger partial charge in [-0.3, -0.25) is 4.79 Å². The summed E-state index contributed by atoms with van der Waals surface area (Å²) in [6, 6.07) is 13.0. The first kappa shape index (κ1) is 21.1. The third-order valence-corrected chi connectivity index (χ3v) is 5.28. The molecule has 0 radical (unpaired) electrons. The Bertz CT molecular complexity index is 879. The van der Waals surface area contributed by atoms with E-state index < -0.39 is 10.0 Å². The summed E-state index contributed by atoms with van der Waals surface area (Å²) in [7, 11) is -2.02. The van der Waals surface area contributed by atoms with Crippen molar-refractivity contribution in [3.8, 4) is 0 Å². The van der Waals surface area contributed by atoms with Gasteiger partial charge in [-0.2, -0.15) is 0 Å². The number of ether oxygens (including phenoxy) is 1. The van der Waals surface area contributed by atoms with Crippen LogP contribution in [0.5, 0.6) is 0 Å². The lowest BCUT2D eigenvalue weighted by atomic mass is 10.2. The summed E-state index contributed by atoms with van der Waals surface area (Å²) in [5.41, 5.74) is 1.34. The van der Waals surface area contributed by atoms with Gasteiger partial charge in [-0.1, -0.05) is 23.7 Å². The quantitative estimate of drug-likeness (QED) is 0.492. The Morgan fingerprint density at radius 2 is 1.78 bits per heavy atom. The van der Waals surface area contributed by atoms with Gasteiger partial charge in [-0.05, 0) is 54.5 Å². The highest BCUT2D eigenvalue weighted by atomic mass is 35.5. The smallest absolute Gasteiger partial charge is 0.248 e. The molecule has 2 N–H and O–H groups in total. The Kier molecular flexibility index (Phi) is 7.99. The van der Waals surface area contributed by atoms with E-state index in [0.717, 1.165) is 5.56 Å². The molecule has 0 spiro atoms. The molecule has 0 bridgehead atoms. The molecule has 144 valence electrons. The second kappa shape index (κ2) is 10.2. The maximum Gasteiger partial charge on any atom is 0.248 e. The van der Waals surface area contributed by atoms with E-state index >= 15 is 0 Å². The third-order valence-electron chi connectivity index (χ3n) is 3.55. The lowest BCUT2D eigenvalue weighted by molar-refractivity contribution is -0.111. The predicted molar refractivity (Wildman–Crippen MR) is 107 cm³/mol. The van der Waals surface area contributed by atoms with Crippen LogP contribution in [0.1, 0.15) is 12.0 Å². The van der Waals surface area contributed by atoms with E-state index in [0.29, 0.717) is 30.3 Å². The van der Waals surface area contributed by atoms with Gasteiger partial charge >= 0.3 is 0 Å². The van der Waals surface area contributed by atoms with Crippen molar-refractivity contribution in [2.45, 2.75) is 11.3 Å². The van der Waals surface area contributed by atoms with Crippen molar-refractivity contribution >= 4 is 39.3 Å². The van der Waals surface area contributed by atoms with Crippen LogP contribution in [0.4, 0.5) is 5.69 Å². The fraction of sp³-hybridized carbons (Fsp3) is 0.211. The van der Waals surface area contributed by atoms with Gasteiger partial charge in [-0.25, -0.2) is 13.1 Å². The van der Waals surface area contributed by atoms with Gasteiger partial charge in [0.15, 0.2) is 0 Å². The largest absolute Gasteiger partial charge is 0.385 e. The van der Waals surface area contributed by atoms with Crippen LogP contribution in [0.3, 0.4) is 0 Å². The summed E-state index contributed by atoms with van der Waals surface area (Å²) in [5.74, 6) is -0.321. The van der Waals surface area contributed by atoms with Crippen LogP contribution >= 0.6 is 11.6 Å². The number of anilines is 1. The topological polar surface area (TPSA) is 84.5 Å². The maximum atomic E-state index is 12.2. The van der Waals surface area contributed by atoms with Gasteiger partial charge in [0.05, 0.1) is 4.90 Å². The van der Waals surface area contributed by atoms with Crippen molar-refractivity contribution in [1.82, 2.24) is 4.72 Å². The molecule has 0 saturated heterocycles. The predicted octanol–water partition coefficient (Wildman–Crippen LogP) is 3.31. The van der Waals surface area contributed by atoms with E-state index in [4.69, 9.17) is 16.3 Å². The van der Waals surface area contributed by atoms with E-state index in [1.54, 1.807) is 37.5 Å². The maximum absolute atomic E-state index is 12.2. The molecule has 2 aromatic carbocycles. The molecule has 2 aromatic rings. The van der Waals surface area contributed by atoms with Crippen LogP contribution < -0.4 is 10.0 Å². The standard InChI is InChI=1S/C19H21ClN2O4S/c1-26-14-2-13-21-27(24,25)18-10-8-17(9-11-18)22-19(23)12-5-15-3-6-16(20)7-4-15/h3-12,21H,2,13-14H2,1H3,(H,22,23)/b12-5+. The average molecular weight is 409 g/mol. The van der Waals surface area contributed by atoms with E-state index in [1.807, 2.05) is 0 Å². The molecule has 27 heavy (non-hydrogen) atoms. The molecule has 0 aliphatic rings. The minimum atomic E-state index is -3.58. The van der Waals surface area contributed by atoms with Gasteiger partial charge in [-0.15, -0.1) is 0 Å². The summed E-state index contributed by atoms with van der Waals surface area (Å²) in [5, 5.41) is 3.30. The monoisotopic (exact) mass is 408 g/mol. The second-order valence-corrected chi connectivity index (χ2v) is 7.85. The Balaban J connectivity index is 1.92. The molecule has 0 atom stereocenters. The molecule has 0 unspecified atom stereocenters. The van der Waals surface area contributed by atoms with Crippen LogP contribution in [0.25, 0.3) is 6.08 Å².